The molecule has 22 N–H and O–H groups in total. The summed E-state index contributed by atoms with van der Waals surface area (Å²) < 4.78 is 60.6. The normalized spacial score (nSPS) is 18.1. The minimum absolute atomic E-state index is 0.545. The van der Waals surface area contributed by atoms with Crippen molar-refractivity contribution in [3.8, 4) is 0 Å². The molecule has 0 rings (SSSR count). The summed E-state index contributed by atoms with van der Waals surface area (Å²) in [6, 6.07) is 4.78. The summed E-state index contributed by atoms with van der Waals surface area (Å²) in [7, 11) is -27.1. The molecular weight excluding hydrogens is 1160 g/mol. The average Bonchev–Trinajstić information content (AvgIpc) is 3.32. The van der Waals surface area contributed by atoms with Crippen LogP contribution in [0.5, 0.6) is 0 Å². The van der Waals surface area contributed by atoms with E-state index in [1.54, 1.807) is 0 Å². The number of rotatable bonds is 58. The van der Waals surface area contributed by atoms with Gasteiger partial charge >= 0.3 is 68.5 Å². The molecule has 23 nitrogen and oxygen atoms in total. The SMILES string of the molecule is C[Si](C)(C)O[Si](C)(C)O[Si](C)(CCCNCCN)O[Si](C)(CCCNCCN)O[Si](C)(CCCNCCN)O[Si](C)(CCCNCCN)O[Si](C)(CCCNCCN)O[Si](C)(CCCNCCN)O[Si](C)(O)CCCNCCN. The van der Waals surface area contributed by atoms with Crippen molar-refractivity contribution in [2.24, 2.45) is 40.1 Å². The third-order valence-corrected chi connectivity index (χ3v) is 50.5. The summed E-state index contributed by atoms with van der Waals surface area (Å²) in [6.45, 7) is 40.4. The monoisotopic (exact) mass is 1280 g/mol. The van der Waals surface area contributed by atoms with Crippen molar-refractivity contribution in [2.45, 2.75) is 166 Å². The Bertz CT molecular complexity index is 1500. The zero-order chi connectivity index (χ0) is 59.9. The smallest absolute Gasteiger partial charge is 0.323 e. The van der Waals surface area contributed by atoms with Gasteiger partial charge in [0.1, 0.15) is 0 Å². The summed E-state index contributed by atoms with van der Waals surface area (Å²) in [6.07, 6.45) is 5.68. The van der Waals surface area contributed by atoms with Gasteiger partial charge in [0, 0.05) is 91.6 Å². The van der Waals surface area contributed by atoms with Crippen molar-refractivity contribution in [2.75, 3.05) is 137 Å². The van der Waals surface area contributed by atoms with Crippen LogP contribution in [0.15, 0.2) is 0 Å². The number of hydrogen-bond acceptors (Lipinski definition) is 23. The topological polar surface area (TPSA) is 360 Å². The molecule has 0 aromatic carbocycles. The van der Waals surface area contributed by atoms with Crippen molar-refractivity contribution in [1.29, 1.82) is 0 Å². The van der Waals surface area contributed by atoms with Crippen LogP contribution in [-0.4, -0.2) is 219 Å². The van der Waals surface area contributed by atoms with Gasteiger partial charge < -0.3 is 115 Å². The van der Waals surface area contributed by atoms with E-state index in [0.29, 0.717) is 95.7 Å². The van der Waals surface area contributed by atoms with Crippen LogP contribution in [0, 0.1) is 0 Å². The van der Waals surface area contributed by atoms with E-state index >= 15 is 0 Å². The van der Waals surface area contributed by atoms with E-state index in [9.17, 15) is 4.80 Å². The fraction of sp³-hybridized carbons (Fsp3) is 1.00. The molecule has 0 aliphatic carbocycles. The van der Waals surface area contributed by atoms with Crippen LogP contribution in [0.25, 0.3) is 0 Å². The second kappa shape index (κ2) is 43.6. The first-order chi connectivity index (χ1) is 37.1. The third-order valence-electron chi connectivity index (χ3n) is 12.8. The van der Waals surface area contributed by atoms with E-state index in [1.807, 2.05) is 6.55 Å². The molecule has 0 aliphatic heterocycles. The van der Waals surface area contributed by atoms with Crippen molar-refractivity contribution >= 4 is 76.8 Å². The molecule has 7 unspecified atom stereocenters. The highest BCUT2D eigenvalue weighted by atomic mass is 28.5. The zero-order valence-electron chi connectivity index (χ0n) is 52.5. The Morgan fingerprint density at radius 2 is 0.443 bits per heavy atom. The van der Waals surface area contributed by atoms with Crippen LogP contribution < -0.4 is 77.4 Å². The molecule has 32 heteroatoms. The van der Waals surface area contributed by atoms with Crippen LogP contribution in [-0.2, 0) is 32.9 Å². The largest absolute Gasteiger partial charge is 0.437 e. The van der Waals surface area contributed by atoms with E-state index in [0.717, 1.165) is 129 Å². The van der Waals surface area contributed by atoms with Crippen LogP contribution in [0.1, 0.15) is 44.9 Å². The third kappa shape index (κ3) is 42.5. The van der Waals surface area contributed by atoms with Gasteiger partial charge in [-0.25, -0.2) is 0 Å². The lowest BCUT2D eigenvalue weighted by molar-refractivity contribution is 0.239. The average molecular weight is 1290 g/mol. The predicted octanol–water partition coefficient (Wildman–Crippen LogP) is 1.72. The Labute approximate surface area is 492 Å². The first kappa shape index (κ1) is 80.0. The minimum Gasteiger partial charge on any atom is -0.437 e. The molecule has 7 atom stereocenters. The van der Waals surface area contributed by atoms with Crippen LogP contribution in [0.3, 0.4) is 0 Å². The lowest BCUT2D eigenvalue weighted by Crippen LogP contribution is -2.65. The van der Waals surface area contributed by atoms with E-state index < -0.39 is 76.8 Å². The second-order valence-corrected chi connectivity index (χ2v) is 56.8. The van der Waals surface area contributed by atoms with Crippen LogP contribution >= 0.6 is 0 Å². The van der Waals surface area contributed by atoms with Crippen molar-refractivity contribution in [3.63, 3.8) is 0 Å². The summed E-state index contributed by atoms with van der Waals surface area (Å²) in [4.78, 5) is 12.2. The van der Waals surface area contributed by atoms with Gasteiger partial charge in [-0.15, -0.1) is 0 Å². The molecule has 0 fully saturated rings. The van der Waals surface area contributed by atoms with E-state index in [-0.39, 0.29) is 0 Å². The highest BCUT2D eigenvalue weighted by Gasteiger charge is 2.55. The highest BCUT2D eigenvalue weighted by Crippen LogP contribution is 2.38. The van der Waals surface area contributed by atoms with Crippen LogP contribution in [0.2, 0.25) is 121 Å². The molecule has 0 aliphatic rings. The summed E-state index contributed by atoms with van der Waals surface area (Å²) in [5, 5.41) is 24.4. The highest BCUT2D eigenvalue weighted by molar-refractivity contribution is 6.93. The molecule has 476 valence electrons. The molecule has 0 amide bonds. The molecule has 0 aromatic rings. The van der Waals surface area contributed by atoms with Gasteiger partial charge in [-0.05, 0) is 212 Å². The van der Waals surface area contributed by atoms with E-state index in [1.165, 1.54) is 0 Å². The molecule has 0 radical (unpaired) electrons. The number of nitrogens with one attached hydrogen (secondary N) is 7. The number of hydrogen-bond donors (Lipinski definition) is 15. The summed E-state index contributed by atoms with van der Waals surface area (Å²) in [5.74, 6) is 0. The molecule has 0 bridgehead atoms. The Morgan fingerprint density at radius 3 is 0.646 bits per heavy atom. The lowest BCUT2D eigenvalue weighted by atomic mass is 10.5. The van der Waals surface area contributed by atoms with Gasteiger partial charge in [0.15, 0.2) is 8.32 Å². The molecule has 0 aromatic heterocycles. The maximum atomic E-state index is 12.2. The molecule has 79 heavy (non-hydrogen) atoms. The van der Waals surface area contributed by atoms with Gasteiger partial charge in [-0.3, -0.25) is 0 Å². The standard InChI is InChI=1S/C47H128N14O9Si9/c1-71(2,3)63-72(4,5)64-74(7,42-14-28-56-35-21-49)66-76(9,44-16-30-58-37-23-51)68-78(11,46-18-32-60-39-25-53)70-79(12,47-19-33-61-40-26-54)69-77(10,45-17-31-59-38-24-52)67-75(8,43-15-29-57-36-22-50)65-73(6,62)41-13-27-55-34-20-48/h55-62H,13-54H2,1-12H3. The number of nitrogens with two attached hydrogens (primary N) is 7. The minimum atomic E-state index is -3.29. The fourth-order valence-electron chi connectivity index (χ4n) is 10.2. The zero-order valence-corrected chi connectivity index (χ0v) is 61.5. The van der Waals surface area contributed by atoms with Crippen molar-refractivity contribution in [3.05, 3.63) is 0 Å². The fourth-order valence-corrected chi connectivity index (χ4v) is 57.0. The maximum Gasteiger partial charge on any atom is 0.323 e. The van der Waals surface area contributed by atoms with Gasteiger partial charge in [-0.2, -0.15) is 0 Å². The first-order valence-corrected chi connectivity index (χ1v) is 54.2. The van der Waals surface area contributed by atoms with E-state index in [4.69, 9.17) is 73.1 Å². The molecule has 0 heterocycles. The van der Waals surface area contributed by atoms with E-state index in [2.05, 4.69) is 109 Å². The molecule has 0 spiro atoms. The Morgan fingerprint density at radius 1 is 0.253 bits per heavy atom. The van der Waals surface area contributed by atoms with Gasteiger partial charge in [0.05, 0.1) is 0 Å². The van der Waals surface area contributed by atoms with Crippen LogP contribution in [0.4, 0.5) is 0 Å². The Balaban J connectivity index is 8.06. The van der Waals surface area contributed by atoms with Gasteiger partial charge in [-0.1, -0.05) is 0 Å². The summed E-state index contributed by atoms with van der Waals surface area (Å²) >= 11 is 0. The quantitative estimate of drug-likeness (QED) is 0.0304. The van der Waals surface area contributed by atoms with Crippen molar-refractivity contribution in [1.82, 2.24) is 37.2 Å². The van der Waals surface area contributed by atoms with Crippen molar-refractivity contribution < 1.29 is 37.7 Å². The van der Waals surface area contributed by atoms with Gasteiger partial charge in [0.2, 0.25) is 0 Å². The Hall–Kier alpha value is 1.03. The maximum absolute atomic E-state index is 12.2. The molecule has 0 saturated heterocycles. The second-order valence-electron chi connectivity index (χ2n) is 23.8. The predicted molar refractivity (Wildman–Crippen MR) is 352 cm³/mol. The lowest BCUT2D eigenvalue weighted by Gasteiger charge is -2.48. The molecular formula is C47H128N14O9Si9. The molecule has 0 saturated carbocycles. The first-order valence-electron chi connectivity index (χ1n) is 30.3. The summed E-state index contributed by atoms with van der Waals surface area (Å²) in [5.41, 5.74) is 41.3. The van der Waals surface area contributed by atoms with Gasteiger partial charge in [0.25, 0.3) is 0 Å². The Kier molecular flexibility index (Phi) is 44.2.